The first kappa shape index (κ1) is 17.6. The zero-order valence-corrected chi connectivity index (χ0v) is 14.8. The number of nitrogens with zero attached hydrogens (tertiary/aromatic N) is 2. The maximum atomic E-state index is 12.2. The molecule has 0 atom stereocenters. The summed E-state index contributed by atoms with van der Waals surface area (Å²) in [5, 5.41) is 0.811. The van der Waals surface area contributed by atoms with Gasteiger partial charge in [-0.05, 0) is 56.3 Å². The molecule has 3 rings (SSSR count). The normalized spacial score (nSPS) is 11.2. The number of carbonyl (C=O) groups is 1. The van der Waals surface area contributed by atoms with Gasteiger partial charge in [0.2, 0.25) is 5.78 Å². The number of rotatable bonds is 6. The van der Waals surface area contributed by atoms with Crippen LogP contribution >= 0.6 is 0 Å². The van der Waals surface area contributed by atoms with Gasteiger partial charge in [0.15, 0.2) is 0 Å². The highest BCUT2D eigenvalue weighted by molar-refractivity contribution is 6.05. The van der Waals surface area contributed by atoms with Crippen molar-refractivity contribution >= 4 is 28.5 Å². The molecule has 132 valence electrons. The van der Waals surface area contributed by atoms with E-state index >= 15 is 0 Å². The van der Waals surface area contributed by atoms with Gasteiger partial charge in [-0.25, -0.2) is 4.79 Å². The average molecular weight is 348 g/mol. The Morgan fingerprint density at radius 2 is 1.96 bits per heavy atom. The van der Waals surface area contributed by atoms with Gasteiger partial charge in [0.05, 0.1) is 5.56 Å². The molecule has 26 heavy (non-hydrogen) atoms. The third-order valence-electron chi connectivity index (χ3n) is 4.21. The molecule has 0 amide bonds. The third-order valence-corrected chi connectivity index (χ3v) is 4.21. The zero-order chi connectivity index (χ0) is 18.5. The molecular formula is C21H20N2O3. The fourth-order valence-electron chi connectivity index (χ4n) is 2.78. The summed E-state index contributed by atoms with van der Waals surface area (Å²) in [6, 6.07) is 12.6. The van der Waals surface area contributed by atoms with Crippen LogP contribution in [0.25, 0.3) is 17.0 Å². The van der Waals surface area contributed by atoms with E-state index in [1.165, 1.54) is 12.2 Å². The second-order valence-corrected chi connectivity index (χ2v) is 5.80. The highest BCUT2D eigenvalue weighted by Gasteiger charge is 2.08. The van der Waals surface area contributed by atoms with Crippen molar-refractivity contribution in [2.24, 2.45) is 0 Å². The summed E-state index contributed by atoms with van der Waals surface area (Å²) in [5.74, 6) is -0.262. The molecule has 0 saturated carbocycles. The van der Waals surface area contributed by atoms with Crippen molar-refractivity contribution < 1.29 is 9.21 Å². The molecule has 0 aliphatic rings. The molecule has 0 aliphatic heterocycles. The van der Waals surface area contributed by atoms with Crippen molar-refractivity contribution in [3.8, 4) is 0 Å². The minimum atomic E-state index is -0.473. The maximum absolute atomic E-state index is 12.2. The number of hydrogen-bond donors (Lipinski definition) is 0. The Hall–Kier alpha value is -3.21. The van der Waals surface area contributed by atoms with Crippen LogP contribution in [0, 0.1) is 0 Å². The van der Waals surface area contributed by atoms with Gasteiger partial charge in [-0.3, -0.25) is 9.78 Å². The zero-order valence-electron chi connectivity index (χ0n) is 14.8. The van der Waals surface area contributed by atoms with Crippen LogP contribution in [0.5, 0.6) is 0 Å². The Morgan fingerprint density at radius 1 is 1.15 bits per heavy atom. The lowest BCUT2D eigenvalue weighted by molar-refractivity contribution is 0.104. The molecule has 1 aromatic carbocycles. The van der Waals surface area contributed by atoms with Crippen molar-refractivity contribution in [2.45, 2.75) is 13.8 Å². The van der Waals surface area contributed by atoms with E-state index in [4.69, 9.17) is 4.42 Å². The first-order chi connectivity index (χ1) is 12.6. The van der Waals surface area contributed by atoms with Crippen LogP contribution in [-0.4, -0.2) is 23.9 Å². The third kappa shape index (κ3) is 3.72. The predicted molar refractivity (Wildman–Crippen MR) is 104 cm³/mol. The molecule has 2 aromatic heterocycles. The number of aromatic nitrogens is 1. The topological polar surface area (TPSA) is 63.4 Å². The van der Waals surface area contributed by atoms with E-state index in [1.807, 2.05) is 18.2 Å². The van der Waals surface area contributed by atoms with Gasteiger partial charge in [-0.2, -0.15) is 0 Å². The standard InChI is InChI=1S/C21H20N2O3/c1-3-23(4-2)17-10-8-15-13-16(21(25)26-20(15)14-17)9-11-19(24)18-7-5-6-12-22-18/h5-14H,3-4H2,1-2H3/b11-9+. The van der Waals surface area contributed by atoms with E-state index in [2.05, 4.69) is 23.7 Å². The highest BCUT2D eigenvalue weighted by Crippen LogP contribution is 2.22. The largest absolute Gasteiger partial charge is 0.422 e. The molecular weight excluding hydrogens is 328 g/mol. The number of pyridine rings is 1. The summed E-state index contributed by atoms with van der Waals surface area (Å²) < 4.78 is 5.45. The summed E-state index contributed by atoms with van der Waals surface area (Å²) in [6.07, 6.45) is 4.37. The number of ketones is 1. The van der Waals surface area contributed by atoms with Crippen molar-refractivity contribution in [3.05, 3.63) is 76.4 Å². The van der Waals surface area contributed by atoms with Crippen molar-refractivity contribution in [3.63, 3.8) is 0 Å². The van der Waals surface area contributed by atoms with E-state index in [-0.39, 0.29) is 5.78 Å². The van der Waals surface area contributed by atoms with Gasteiger partial charge in [0, 0.05) is 36.4 Å². The van der Waals surface area contributed by atoms with Crippen LogP contribution in [-0.2, 0) is 0 Å². The quantitative estimate of drug-likeness (QED) is 0.384. The molecule has 0 unspecified atom stereocenters. The summed E-state index contributed by atoms with van der Waals surface area (Å²) in [6.45, 7) is 5.91. The fourth-order valence-corrected chi connectivity index (χ4v) is 2.78. The van der Waals surface area contributed by atoms with E-state index in [1.54, 1.807) is 30.5 Å². The second-order valence-electron chi connectivity index (χ2n) is 5.80. The molecule has 5 nitrogen and oxygen atoms in total. The number of hydrogen-bond acceptors (Lipinski definition) is 5. The van der Waals surface area contributed by atoms with E-state index in [0.717, 1.165) is 24.2 Å². The van der Waals surface area contributed by atoms with Gasteiger partial charge < -0.3 is 9.32 Å². The molecule has 3 aromatic rings. The number of allylic oxidation sites excluding steroid dienone is 1. The van der Waals surface area contributed by atoms with Crippen LogP contribution in [0.4, 0.5) is 5.69 Å². The van der Waals surface area contributed by atoms with Crippen molar-refractivity contribution in [1.29, 1.82) is 0 Å². The summed E-state index contributed by atoms with van der Waals surface area (Å²) in [4.78, 5) is 30.5. The molecule has 2 heterocycles. The maximum Gasteiger partial charge on any atom is 0.343 e. The molecule has 0 bridgehead atoms. The van der Waals surface area contributed by atoms with Crippen LogP contribution in [0.2, 0.25) is 0 Å². The van der Waals surface area contributed by atoms with E-state index < -0.39 is 5.63 Å². The van der Waals surface area contributed by atoms with Crippen LogP contribution in [0.15, 0.2) is 63.9 Å². The number of benzene rings is 1. The Morgan fingerprint density at radius 3 is 2.65 bits per heavy atom. The molecule has 0 spiro atoms. The Balaban J connectivity index is 1.92. The van der Waals surface area contributed by atoms with Gasteiger partial charge in [-0.1, -0.05) is 6.07 Å². The molecule has 0 radical (unpaired) electrons. The number of anilines is 1. The Kier molecular flexibility index (Phi) is 5.27. The molecule has 0 saturated heterocycles. The highest BCUT2D eigenvalue weighted by atomic mass is 16.4. The van der Waals surface area contributed by atoms with Crippen LogP contribution in [0.3, 0.4) is 0 Å². The van der Waals surface area contributed by atoms with Crippen molar-refractivity contribution in [2.75, 3.05) is 18.0 Å². The number of carbonyl (C=O) groups excluding carboxylic acids is 1. The predicted octanol–water partition coefficient (Wildman–Crippen LogP) is 3.93. The first-order valence-corrected chi connectivity index (χ1v) is 8.58. The van der Waals surface area contributed by atoms with Crippen molar-refractivity contribution in [1.82, 2.24) is 4.98 Å². The molecule has 0 fully saturated rings. The minimum Gasteiger partial charge on any atom is -0.422 e. The second kappa shape index (κ2) is 7.78. The van der Waals surface area contributed by atoms with Gasteiger partial charge in [0.25, 0.3) is 0 Å². The Labute approximate surface area is 151 Å². The molecule has 0 aliphatic carbocycles. The van der Waals surface area contributed by atoms with Gasteiger partial charge in [0.1, 0.15) is 11.3 Å². The average Bonchev–Trinajstić information content (AvgIpc) is 2.67. The number of fused-ring (bicyclic) bond motifs is 1. The lowest BCUT2D eigenvalue weighted by Crippen LogP contribution is -2.21. The van der Waals surface area contributed by atoms with E-state index in [9.17, 15) is 9.59 Å². The molecule has 5 heteroatoms. The minimum absolute atomic E-state index is 0.262. The SMILES string of the molecule is CCN(CC)c1ccc2cc(/C=C/C(=O)c3ccccn3)c(=O)oc2c1. The van der Waals surface area contributed by atoms with Crippen LogP contribution in [0.1, 0.15) is 29.9 Å². The fraction of sp³-hybridized carbons (Fsp3) is 0.190. The Bertz CT molecular complexity index is 1000. The summed E-state index contributed by atoms with van der Waals surface area (Å²) in [5.41, 5.74) is 1.74. The smallest absolute Gasteiger partial charge is 0.343 e. The summed E-state index contributed by atoms with van der Waals surface area (Å²) in [7, 11) is 0. The van der Waals surface area contributed by atoms with E-state index in [0.29, 0.717) is 16.8 Å². The van der Waals surface area contributed by atoms with Gasteiger partial charge >= 0.3 is 5.63 Å². The molecule has 0 N–H and O–H groups in total. The lowest BCUT2D eigenvalue weighted by atomic mass is 10.1. The van der Waals surface area contributed by atoms with Gasteiger partial charge in [-0.15, -0.1) is 0 Å². The first-order valence-electron chi connectivity index (χ1n) is 8.58. The lowest BCUT2D eigenvalue weighted by Gasteiger charge is -2.20. The van der Waals surface area contributed by atoms with Crippen LogP contribution < -0.4 is 10.5 Å². The summed E-state index contributed by atoms with van der Waals surface area (Å²) >= 11 is 0. The monoisotopic (exact) mass is 348 g/mol.